The molecule has 6 N–H and O–H groups in total. The fourth-order valence-electron chi connectivity index (χ4n) is 2.66. The summed E-state index contributed by atoms with van der Waals surface area (Å²) in [5, 5.41) is 9.29. The van der Waals surface area contributed by atoms with Crippen LogP contribution in [0.3, 0.4) is 0 Å². The largest absolute Gasteiger partial charge is 0.346 e. The number of aryl methyl sites for hydroxylation is 2. The van der Waals surface area contributed by atoms with Crippen molar-refractivity contribution >= 4 is 11.8 Å². The molecule has 0 aliphatic heterocycles. The molecule has 0 bridgehead atoms. The Bertz CT molecular complexity index is 734. The molecule has 0 aliphatic rings. The predicted molar refractivity (Wildman–Crippen MR) is 104 cm³/mol. The molecule has 9 nitrogen and oxygen atoms in total. The van der Waals surface area contributed by atoms with Crippen LogP contribution < -0.4 is 22.1 Å². The van der Waals surface area contributed by atoms with Gasteiger partial charge in [0.05, 0.1) is 13.1 Å². The first-order chi connectivity index (χ1) is 13.6. The van der Waals surface area contributed by atoms with E-state index in [9.17, 15) is 9.59 Å². The van der Waals surface area contributed by atoms with Gasteiger partial charge in [0.1, 0.15) is 6.04 Å². The number of unbranched alkanes of at least 4 members (excludes halogenated alkanes) is 1. The van der Waals surface area contributed by atoms with Gasteiger partial charge >= 0.3 is 0 Å². The molecule has 1 aromatic heterocycles. The normalized spacial score (nSPS) is 11.8. The lowest BCUT2D eigenvalue weighted by Gasteiger charge is -2.15. The van der Waals surface area contributed by atoms with Crippen LogP contribution in [0.5, 0.6) is 0 Å². The molecule has 2 amide bonds. The fraction of sp³-hybridized carbons (Fsp3) is 0.474. The Morgan fingerprint density at radius 2 is 1.86 bits per heavy atom. The van der Waals surface area contributed by atoms with Crippen molar-refractivity contribution in [2.45, 2.75) is 38.1 Å². The van der Waals surface area contributed by atoms with Crippen molar-refractivity contribution in [2.24, 2.45) is 11.5 Å². The number of aromatic nitrogens is 2. The standard InChI is InChI=1S/C19H28N6O3/c20-11-5-4-8-15(23-18(27)13-22-17(26)12-21)19-24-16(25-28-19)10-9-14-6-2-1-3-7-14/h1-3,6-7,15H,4-5,8-13,20-21H2,(H,22,26)(H,23,27). The summed E-state index contributed by atoms with van der Waals surface area (Å²) in [5.74, 6) is 0.214. The highest BCUT2D eigenvalue weighted by Gasteiger charge is 2.21. The first kappa shape index (κ1) is 21.5. The SMILES string of the molecule is NCCCCC(NC(=O)CNC(=O)CN)c1nc(CCc2ccccc2)no1. The third kappa shape index (κ3) is 7.45. The summed E-state index contributed by atoms with van der Waals surface area (Å²) in [6, 6.07) is 9.62. The first-order valence-electron chi connectivity index (χ1n) is 9.45. The van der Waals surface area contributed by atoms with Crippen molar-refractivity contribution in [1.82, 2.24) is 20.8 Å². The minimum atomic E-state index is -0.424. The average Bonchev–Trinajstić information content (AvgIpc) is 3.19. The van der Waals surface area contributed by atoms with Crippen molar-refractivity contribution in [1.29, 1.82) is 0 Å². The van der Waals surface area contributed by atoms with Crippen molar-refractivity contribution in [3.63, 3.8) is 0 Å². The Morgan fingerprint density at radius 1 is 1.07 bits per heavy atom. The highest BCUT2D eigenvalue weighted by Crippen LogP contribution is 2.18. The summed E-state index contributed by atoms with van der Waals surface area (Å²) in [4.78, 5) is 27.8. The van der Waals surface area contributed by atoms with Crippen molar-refractivity contribution < 1.29 is 14.1 Å². The van der Waals surface area contributed by atoms with Gasteiger partial charge in [-0.15, -0.1) is 0 Å². The number of nitrogens with zero attached hydrogens (tertiary/aromatic N) is 2. The van der Waals surface area contributed by atoms with E-state index in [4.69, 9.17) is 16.0 Å². The molecule has 1 atom stereocenters. The van der Waals surface area contributed by atoms with Crippen LogP contribution in [0.4, 0.5) is 0 Å². The molecular formula is C19H28N6O3. The van der Waals surface area contributed by atoms with E-state index >= 15 is 0 Å². The van der Waals surface area contributed by atoms with Crippen LogP contribution >= 0.6 is 0 Å². The minimum absolute atomic E-state index is 0.154. The molecule has 0 radical (unpaired) electrons. The lowest BCUT2D eigenvalue weighted by Crippen LogP contribution is -2.40. The van der Waals surface area contributed by atoms with Crippen LogP contribution in [0.25, 0.3) is 0 Å². The third-order valence-corrected chi connectivity index (χ3v) is 4.18. The Hall–Kier alpha value is -2.78. The number of hydrogen-bond acceptors (Lipinski definition) is 7. The minimum Gasteiger partial charge on any atom is -0.346 e. The molecule has 0 aliphatic carbocycles. The molecule has 0 spiro atoms. The number of rotatable bonds is 12. The van der Waals surface area contributed by atoms with Gasteiger partial charge in [-0.3, -0.25) is 9.59 Å². The maximum absolute atomic E-state index is 12.1. The van der Waals surface area contributed by atoms with Gasteiger partial charge in [-0.25, -0.2) is 0 Å². The van der Waals surface area contributed by atoms with Gasteiger partial charge in [-0.05, 0) is 37.8 Å². The lowest BCUT2D eigenvalue weighted by molar-refractivity contribution is -0.125. The lowest BCUT2D eigenvalue weighted by atomic mass is 10.1. The van der Waals surface area contributed by atoms with Crippen LogP contribution in [-0.2, 0) is 22.4 Å². The highest BCUT2D eigenvalue weighted by atomic mass is 16.5. The van der Waals surface area contributed by atoms with E-state index in [-0.39, 0.29) is 19.0 Å². The van der Waals surface area contributed by atoms with Crippen LogP contribution in [0, 0.1) is 0 Å². The Kier molecular flexibility index (Phi) is 9.09. The second kappa shape index (κ2) is 11.8. The fourth-order valence-corrected chi connectivity index (χ4v) is 2.66. The van der Waals surface area contributed by atoms with Gasteiger partial charge < -0.3 is 26.6 Å². The van der Waals surface area contributed by atoms with Gasteiger partial charge in [0.2, 0.25) is 17.7 Å². The van der Waals surface area contributed by atoms with Crippen molar-refractivity contribution in [2.75, 3.05) is 19.6 Å². The summed E-state index contributed by atoms with van der Waals surface area (Å²) in [6.07, 6.45) is 3.69. The molecule has 152 valence electrons. The molecule has 2 aromatic rings. The first-order valence-corrected chi connectivity index (χ1v) is 9.45. The average molecular weight is 388 g/mol. The maximum Gasteiger partial charge on any atom is 0.249 e. The number of carbonyl (C=O) groups excluding carboxylic acids is 2. The van der Waals surface area contributed by atoms with E-state index in [1.807, 2.05) is 30.3 Å². The molecule has 1 aromatic carbocycles. The molecular weight excluding hydrogens is 360 g/mol. The number of hydrogen-bond donors (Lipinski definition) is 4. The molecule has 28 heavy (non-hydrogen) atoms. The Morgan fingerprint density at radius 3 is 2.57 bits per heavy atom. The van der Waals surface area contributed by atoms with E-state index in [0.29, 0.717) is 31.1 Å². The predicted octanol–water partition coefficient (Wildman–Crippen LogP) is 0.216. The Labute approximate surface area is 164 Å². The molecule has 0 saturated carbocycles. The molecule has 1 heterocycles. The van der Waals surface area contributed by atoms with Crippen molar-refractivity contribution in [3.8, 4) is 0 Å². The number of carbonyl (C=O) groups is 2. The second-order valence-electron chi connectivity index (χ2n) is 6.42. The number of nitrogens with one attached hydrogen (secondary N) is 2. The summed E-state index contributed by atoms with van der Waals surface area (Å²) in [7, 11) is 0. The summed E-state index contributed by atoms with van der Waals surface area (Å²) in [5.41, 5.74) is 12.0. The monoisotopic (exact) mass is 388 g/mol. The second-order valence-corrected chi connectivity index (χ2v) is 6.42. The number of amides is 2. The Balaban J connectivity index is 1.94. The van der Waals surface area contributed by atoms with Gasteiger partial charge in [-0.2, -0.15) is 4.98 Å². The summed E-state index contributed by atoms with van der Waals surface area (Å²) >= 11 is 0. The zero-order valence-corrected chi connectivity index (χ0v) is 15.9. The van der Waals surface area contributed by atoms with Crippen LogP contribution in [0.15, 0.2) is 34.9 Å². The number of nitrogens with two attached hydrogens (primary N) is 2. The van der Waals surface area contributed by atoms with E-state index in [0.717, 1.165) is 19.3 Å². The summed E-state index contributed by atoms with van der Waals surface area (Å²) in [6.45, 7) is 0.249. The molecule has 0 fully saturated rings. The number of benzene rings is 1. The van der Waals surface area contributed by atoms with E-state index in [1.165, 1.54) is 5.56 Å². The smallest absolute Gasteiger partial charge is 0.249 e. The topological polar surface area (TPSA) is 149 Å². The van der Waals surface area contributed by atoms with Gasteiger partial charge in [0.25, 0.3) is 0 Å². The van der Waals surface area contributed by atoms with E-state index in [1.54, 1.807) is 0 Å². The zero-order chi connectivity index (χ0) is 20.2. The molecule has 1 unspecified atom stereocenters. The van der Waals surface area contributed by atoms with Crippen LogP contribution in [-0.4, -0.2) is 41.6 Å². The van der Waals surface area contributed by atoms with Crippen molar-refractivity contribution in [3.05, 3.63) is 47.6 Å². The van der Waals surface area contributed by atoms with E-state index in [2.05, 4.69) is 20.8 Å². The van der Waals surface area contributed by atoms with Gasteiger partial charge in [-0.1, -0.05) is 35.5 Å². The molecule has 2 rings (SSSR count). The van der Waals surface area contributed by atoms with Gasteiger partial charge in [0.15, 0.2) is 5.82 Å². The molecule has 0 saturated heterocycles. The highest BCUT2D eigenvalue weighted by molar-refractivity contribution is 5.85. The quantitative estimate of drug-likeness (QED) is 0.380. The van der Waals surface area contributed by atoms with Crippen LogP contribution in [0.2, 0.25) is 0 Å². The maximum atomic E-state index is 12.1. The van der Waals surface area contributed by atoms with Crippen LogP contribution in [0.1, 0.15) is 42.6 Å². The van der Waals surface area contributed by atoms with Gasteiger partial charge in [0, 0.05) is 6.42 Å². The summed E-state index contributed by atoms with van der Waals surface area (Å²) < 4.78 is 5.38. The molecule has 9 heteroatoms. The van der Waals surface area contributed by atoms with E-state index < -0.39 is 11.9 Å². The zero-order valence-electron chi connectivity index (χ0n) is 15.9. The third-order valence-electron chi connectivity index (χ3n) is 4.18.